The van der Waals surface area contributed by atoms with E-state index in [-0.39, 0.29) is 17.7 Å². The van der Waals surface area contributed by atoms with Crippen LogP contribution in [0.15, 0.2) is 11.3 Å². The molecule has 1 saturated heterocycles. The minimum Gasteiger partial charge on any atom is -0.461 e. The highest BCUT2D eigenvalue weighted by atomic mass is 32.2. The molecule has 0 aromatic rings. The number of nitrogens with two attached hydrogens (primary N) is 1. The highest BCUT2D eigenvalue weighted by Gasteiger charge is 2.52. The molecule has 26 heavy (non-hydrogen) atoms. The highest BCUT2D eigenvalue weighted by Crippen LogP contribution is 2.39. The summed E-state index contributed by atoms with van der Waals surface area (Å²) >= 11 is 1.38. The second kappa shape index (κ2) is 7.67. The van der Waals surface area contributed by atoms with E-state index in [0.29, 0.717) is 11.3 Å². The van der Waals surface area contributed by atoms with Crippen molar-refractivity contribution in [1.29, 1.82) is 0 Å². The molecule has 0 bridgehead atoms. The van der Waals surface area contributed by atoms with E-state index in [9.17, 15) is 19.2 Å². The Morgan fingerprint density at radius 2 is 1.88 bits per heavy atom. The molecule has 0 radical (unpaired) electrons. The number of fused-ring (bicyclic) bond motifs is 1. The molecule has 2 N–H and O–H groups in total. The summed E-state index contributed by atoms with van der Waals surface area (Å²) in [5.41, 5.74) is 5.45. The van der Waals surface area contributed by atoms with E-state index in [4.69, 9.17) is 19.9 Å². The van der Waals surface area contributed by atoms with E-state index in [2.05, 4.69) is 0 Å². The van der Waals surface area contributed by atoms with Crippen molar-refractivity contribution in [3.63, 3.8) is 0 Å². The predicted octanol–water partition coefficient (Wildman–Crippen LogP) is 0.136. The van der Waals surface area contributed by atoms with Gasteiger partial charge in [-0.15, -0.1) is 11.8 Å². The summed E-state index contributed by atoms with van der Waals surface area (Å²) in [6.07, 6.45) is 0. The first kappa shape index (κ1) is 20.2. The summed E-state index contributed by atoms with van der Waals surface area (Å²) in [5.74, 6) is -1.93. The minimum absolute atomic E-state index is 0.00601. The summed E-state index contributed by atoms with van der Waals surface area (Å²) in [7, 11) is 0. The molecule has 0 aliphatic carbocycles. The summed E-state index contributed by atoms with van der Waals surface area (Å²) in [4.78, 5) is 48.5. The third-order valence-electron chi connectivity index (χ3n) is 3.72. The van der Waals surface area contributed by atoms with E-state index in [0.717, 1.165) is 0 Å². The molecule has 2 aliphatic heterocycles. The van der Waals surface area contributed by atoms with E-state index < -0.39 is 42.1 Å². The van der Waals surface area contributed by atoms with Crippen molar-refractivity contribution in [3.8, 4) is 0 Å². The molecule has 0 aromatic heterocycles. The summed E-state index contributed by atoms with van der Waals surface area (Å²) in [6.45, 7) is 5.53. The van der Waals surface area contributed by atoms with E-state index >= 15 is 0 Å². The first-order valence-corrected chi connectivity index (χ1v) is 8.99. The quantitative estimate of drug-likeness (QED) is 0.399. The largest absolute Gasteiger partial charge is 0.461 e. The average molecular weight is 386 g/mol. The highest BCUT2D eigenvalue weighted by molar-refractivity contribution is 8.00. The molecule has 2 rings (SSSR count). The monoisotopic (exact) mass is 386 g/mol. The third kappa shape index (κ3) is 4.18. The van der Waals surface area contributed by atoms with Crippen LogP contribution in [0.2, 0.25) is 0 Å². The van der Waals surface area contributed by atoms with Gasteiger partial charge in [0.15, 0.2) is 0 Å². The fourth-order valence-electron chi connectivity index (χ4n) is 2.29. The van der Waals surface area contributed by atoms with Gasteiger partial charge in [0.25, 0.3) is 0 Å². The van der Waals surface area contributed by atoms with Gasteiger partial charge in [0.05, 0.1) is 5.41 Å². The third-order valence-corrected chi connectivity index (χ3v) is 5.08. The first-order valence-electron chi connectivity index (χ1n) is 7.94. The van der Waals surface area contributed by atoms with E-state index in [1.54, 1.807) is 20.8 Å². The Kier molecular flexibility index (Phi) is 5.97. The fourth-order valence-corrected chi connectivity index (χ4v) is 3.56. The van der Waals surface area contributed by atoms with Crippen LogP contribution >= 0.6 is 11.8 Å². The lowest BCUT2D eigenvalue weighted by Gasteiger charge is -2.48. The van der Waals surface area contributed by atoms with E-state index in [1.165, 1.54) is 23.6 Å². The van der Waals surface area contributed by atoms with Crippen molar-refractivity contribution >= 4 is 35.6 Å². The summed E-state index contributed by atoms with van der Waals surface area (Å²) in [6, 6.07) is -0.697. The molecule has 1 fully saturated rings. The van der Waals surface area contributed by atoms with Crippen LogP contribution in [-0.4, -0.2) is 59.3 Å². The second-order valence-corrected chi connectivity index (χ2v) is 8.00. The molecule has 2 heterocycles. The van der Waals surface area contributed by atoms with Gasteiger partial charge in [0.1, 0.15) is 23.7 Å². The maximum atomic E-state index is 12.5. The summed E-state index contributed by atoms with van der Waals surface area (Å²) in [5, 5.41) is -0.372. The van der Waals surface area contributed by atoms with Crippen LogP contribution in [-0.2, 0) is 33.4 Å². The molecule has 0 aromatic carbocycles. The van der Waals surface area contributed by atoms with Crippen molar-refractivity contribution < 1.29 is 33.4 Å². The molecule has 1 amide bonds. The summed E-state index contributed by atoms with van der Waals surface area (Å²) < 4.78 is 14.8. The molecular formula is C16H22N2O7S. The molecule has 144 valence electrons. The normalized spacial score (nSPS) is 22.3. The smallest absolute Gasteiger partial charge is 0.358 e. The van der Waals surface area contributed by atoms with E-state index in [1.807, 2.05) is 0 Å². The zero-order chi connectivity index (χ0) is 19.6. The molecule has 1 unspecified atom stereocenters. The molecule has 2 atom stereocenters. The number of rotatable bonds is 5. The second-order valence-electron chi connectivity index (χ2n) is 6.90. The Bertz CT molecular complexity index is 668. The Morgan fingerprint density at radius 3 is 2.46 bits per heavy atom. The number of ether oxygens (including phenoxy) is 3. The van der Waals surface area contributed by atoms with Gasteiger partial charge in [-0.25, -0.2) is 4.79 Å². The number of thioether (sulfide) groups is 1. The van der Waals surface area contributed by atoms with Crippen LogP contribution in [0, 0.1) is 5.41 Å². The van der Waals surface area contributed by atoms with Crippen LogP contribution in [0.3, 0.4) is 0 Å². The first-order chi connectivity index (χ1) is 12.0. The van der Waals surface area contributed by atoms with Crippen molar-refractivity contribution in [3.05, 3.63) is 11.3 Å². The fraction of sp³-hybridized carbons (Fsp3) is 0.625. The van der Waals surface area contributed by atoms with Gasteiger partial charge >= 0.3 is 17.9 Å². The van der Waals surface area contributed by atoms with Gasteiger partial charge in [0.2, 0.25) is 12.7 Å². The topological polar surface area (TPSA) is 125 Å². The molecule has 10 heteroatoms. The molecule has 0 spiro atoms. The maximum absolute atomic E-state index is 12.5. The Hall–Kier alpha value is -2.07. The van der Waals surface area contributed by atoms with Crippen molar-refractivity contribution in [1.82, 2.24) is 4.90 Å². The number of amides is 1. The van der Waals surface area contributed by atoms with Crippen LogP contribution in [0.25, 0.3) is 0 Å². The average Bonchev–Trinajstić information content (AvgIpc) is 2.57. The number of hydrogen-bond acceptors (Lipinski definition) is 9. The SMILES string of the molecule is CC(=O)OCC1=C(C(=O)OCOC(=O)C(C)(C)C)N2C(=O)C(N)[C@@H]2SC1. The van der Waals surface area contributed by atoms with Gasteiger partial charge in [-0.3, -0.25) is 19.3 Å². The lowest BCUT2D eigenvalue weighted by molar-refractivity contribution is -0.173. The minimum atomic E-state index is -0.834. The number of β-lactam (4-membered cyclic amide) rings is 1. The lowest BCUT2D eigenvalue weighted by Crippen LogP contribution is -2.68. The number of esters is 3. The van der Waals surface area contributed by atoms with Crippen LogP contribution in [0.4, 0.5) is 0 Å². The van der Waals surface area contributed by atoms with Gasteiger partial charge in [-0.05, 0) is 20.8 Å². The van der Waals surface area contributed by atoms with Crippen LogP contribution in [0.5, 0.6) is 0 Å². The molecule has 0 saturated carbocycles. The maximum Gasteiger partial charge on any atom is 0.358 e. The van der Waals surface area contributed by atoms with Gasteiger partial charge in [0, 0.05) is 18.2 Å². The molecule has 2 aliphatic rings. The lowest BCUT2D eigenvalue weighted by atomic mass is 9.98. The molecular weight excluding hydrogens is 364 g/mol. The predicted molar refractivity (Wildman–Crippen MR) is 91.2 cm³/mol. The standard InChI is InChI=1S/C16H22N2O7S/c1-8(19)23-5-9-6-26-13-10(17)12(20)18(13)11(9)14(21)24-7-25-15(22)16(2,3)4/h10,13H,5-7,17H2,1-4H3/t10?,13-/m0/s1. The van der Waals surface area contributed by atoms with Crippen molar-refractivity contribution in [2.24, 2.45) is 11.1 Å². The van der Waals surface area contributed by atoms with Crippen molar-refractivity contribution in [2.75, 3.05) is 19.2 Å². The number of nitrogens with zero attached hydrogens (tertiary/aromatic N) is 1. The number of carbonyl (C=O) groups excluding carboxylic acids is 4. The number of carbonyl (C=O) groups is 4. The Balaban J connectivity index is 2.11. The van der Waals surface area contributed by atoms with Gasteiger partial charge in [-0.2, -0.15) is 0 Å². The zero-order valence-electron chi connectivity index (χ0n) is 15.1. The Labute approximate surface area is 155 Å². The number of hydrogen-bond donors (Lipinski definition) is 1. The van der Waals surface area contributed by atoms with Crippen LogP contribution < -0.4 is 5.73 Å². The van der Waals surface area contributed by atoms with Crippen molar-refractivity contribution in [2.45, 2.75) is 39.1 Å². The Morgan fingerprint density at radius 1 is 1.23 bits per heavy atom. The van der Waals surface area contributed by atoms with Crippen LogP contribution in [0.1, 0.15) is 27.7 Å². The van der Waals surface area contributed by atoms with Gasteiger partial charge < -0.3 is 19.9 Å². The molecule has 9 nitrogen and oxygen atoms in total. The zero-order valence-corrected chi connectivity index (χ0v) is 15.9. The van der Waals surface area contributed by atoms with Gasteiger partial charge in [-0.1, -0.05) is 0 Å².